The molecular weight excluding hydrogens is 614 g/mol. The second-order valence-corrected chi connectivity index (χ2v) is 14.7. The van der Waals surface area contributed by atoms with Gasteiger partial charge in [-0.3, -0.25) is 14.4 Å². The van der Waals surface area contributed by atoms with Crippen molar-refractivity contribution in [3.8, 4) is 0 Å². The van der Waals surface area contributed by atoms with Crippen molar-refractivity contribution in [3.63, 3.8) is 0 Å². The van der Waals surface area contributed by atoms with Crippen LogP contribution in [-0.2, 0) is 27.2 Å². The van der Waals surface area contributed by atoms with Crippen molar-refractivity contribution in [1.29, 1.82) is 0 Å². The minimum Gasteiger partial charge on any atom is -0.390 e. The Morgan fingerprint density at radius 2 is 1.64 bits per heavy atom. The van der Waals surface area contributed by atoms with E-state index in [1.165, 1.54) is 18.0 Å². The molecule has 3 amide bonds. The van der Waals surface area contributed by atoms with Gasteiger partial charge in [-0.05, 0) is 68.4 Å². The van der Waals surface area contributed by atoms with Crippen molar-refractivity contribution in [2.24, 2.45) is 17.8 Å². The number of aliphatic hydroxyl groups excluding tert-OH is 2. The molecule has 262 valence electrons. The Morgan fingerprint density at radius 3 is 2.26 bits per heavy atom. The number of hydrogen-bond acceptors (Lipinski definition) is 8. The smallest absolute Gasteiger partial charge is 0.243 e. The number of rotatable bonds is 19. The van der Waals surface area contributed by atoms with Gasteiger partial charge in [0.25, 0.3) is 0 Å². The molecule has 0 spiro atoms. The minimum atomic E-state index is -1.14. The van der Waals surface area contributed by atoms with Crippen molar-refractivity contribution in [2.75, 3.05) is 34.2 Å². The molecule has 0 bridgehead atoms. The highest BCUT2D eigenvalue weighted by Crippen LogP contribution is 2.29. The average Bonchev–Trinajstić information content (AvgIpc) is 3.56. The van der Waals surface area contributed by atoms with Crippen LogP contribution in [0.15, 0.2) is 41.8 Å². The Balaban J connectivity index is 1.83. The second-order valence-electron chi connectivity index (χ2n) is 14.0. The first-order valence-electron chi connectivity index (χ1n) is 17.2. The lowest BCUT2D eigenvalue weighted by Crippen LogP contribution is -2.56. The maximum Gasteiger partial charge on any atom is 0.243 e. The number of carbonyl (C=O) groups excluding carboxylic acids is 3. The van der Waals surface area contributed by atoms with Crippen molar-refractivity contribution < 1.29 is 24.6 Å². The molecule has 10 nitrogen and oxygen atoms in total. The fourth-order valence-corrected chi connectivity index (χ4v) is 6.84. The van der Waals surface area contributed by atoms with Gasteiger partial charge in [0.05, 0.1) is 23.8 Å². The number of aliphatic hydroxyl groups is 2. The molecule has 1 heterocycles. The SMILES string of the molecule is CC(C)CC(O)C(O)C(CC1CCCCC1)NC(=O)C(Cc1ccsn1)NC(=O)C(CC(=O)N(C)CCN(C)C)Cc1ccccc1. The van der Waals surface area contributed by atoms with Crippen LogP contribution in [0.1, 0.15) is 76.5 Å². The average molecular weight is 672 g/mol. The van der Waals surface area contributed by atoms with Crippen molar-refractivity contribution in [3.05, 3.63) is 53.0 Å². The summed E-state index contributed by atoms with van der Waals surface area (Å²) in [6.07, 6.45) is 4.82. The number of nitrogens with one attached hydrogen (secondary N) is 2. The van der Waals surface area contributed by atoms with Crippen molar-refractivity contribution >= 4 is 29.3 Å². The maximum atomic E-state index is 14.0. The van der Waals surface area contributed by atoms with E-state index < -0.39 is 36.1 Å². The molecular formula is C36H57N5O5S. The predicted molar refractivity (Wildman–Crippen MR) is 187 cm³/mol. The van der Waals surface area contributed by atoms with Gasteiger partial charge in [0.1, 0.15) is 12.1 Å². The van der Waals surface area contributed by atoms with Gasteiger partial charge in [0, 0.05) is 38.4 Å². The molecule has 3 rings (SSSR count). The van der Waals surface area contributed by atoms with E-state index in [2.05, 4.69) is 15.0 Å². The van der Waals surface area contributed by atoms with Crippen molar-refractivity contribution in [2.45, 2.75) is 102 Å². The predicted octanol–water partition coefficient (Wildman–Crippen LogP) is 3.66. The van der Waals surface area contributed by atoms with Gasteiger partial charge < -0.3 is 30.6 Å². The number of benzene rings is 1. The molecule has 4 N–H and O–H groups in total. The van der Waals surface area contributed by atoms with Gasteiger partial charge >= 0.3 is 0 Å². The Hall–Kier alpha value is -2.86. The Bertz CT molecular complexity index is 1210. The zero-order valence-electron chi connectivity index (χ0n) is 28.9. The largest absolute Gasteiger partial charge is 0.390 e. The lowest BCUT2D eigenvalue weighted by molar-refractivity contribution is -0.137. The number of nitrogens with zero attached hydrogens (tertiary/aromatic N) is 3. The lowest BCUT2D eigenvalue weighted by atomic mass is 9.82. The third-order valence-corrected chi connectivity index (χ3v) is 9.72. The van der Waals surface area contributed by atoms with E-state index in [-0.39, 0.29) is 30.6 Å². The van der Waals surface area contributed by atoms with Crippen LogP contribution in [-0.4, -0.2) is 101 Å². The number of aromatic nitrogens is 1. The summed E-state index contributed by atoms with van der Waals surface area (Å²) in [5.41, 5.74) is 1.59. The van der Waals surface area contributed by atoms with Crippen LogP contribution in [0, 0.1) is 17.8 Å². The first-order chi connectivity index (χ1) is 22.4. The van der Waals surface area contributed by atoms with Gasteiger partial charge in [-0.1, -0.05) is 76.3 Å². The fraction of sp³-hybridized carbons (Fsp3) is 0.667. The molecule has 11 heteroatoms. The summed E-state index contributed by atoms with van der Waals surface area (Å²) < 4.78 is 4.39. The highest BCUT2D eigenvalue weighted by molar-refractivity contribution is 7.03. The van der Waals surface area contributed by atoms with E-state index in [0.29, 0.717) is 44.0 Å². The molecule has 0 radical (unpaired) electrons. The van der Waals surface area contributed by atoms with Crippen LogP contribution in [0.3, 0.4) is 0 Å². The molecule has 5 unspecified atom stereocenters. The summed E-state index contributed by atoms with van der Waals surface area (Å²) in [5.74, 6) is -1.15. The van der Waals surface area contributed by atoms with Crippen LogP contribution >= 0.6 is 11.5 Å². The van der Waals surface area contributed by atoms with Crippen LogP contribution in [0.4, 0.5) is 0 Å². The molecule has 1 saturated carbocycles. The third kappa shape index (κ3) is 13.6. The van der Waals surface area contributed by atoms with Gasteiger partial charge in [-0.25, -0.2) is 0 Å². The molecule has 1 aromatic heterocycles. The molecule has 1 aromatic carbocycles. The highest BCUT2D eigenvalue weighted by Gasteiger charge is 2.34. The molecule has 1 fully saturated rings. The van der Waals surface area contributed by atoms with Gasteiger partial charge in [-0.15, -0.1) is 0 Å². The monoisotopic (exact) mass is 671 g/mol. The first-order valence-corrected chi connectivity index (χ1v) is 18.0. The van der Waals surface area contributed by atoms with E-state index in [0.717, 1.165) is 31.2 Å². The second kappa shape index (κ2) is 19.8. The normalized spacial score (nSPS) is 17.1. The summed E-state index contributed by atoms with van der Waals surface area (Å²) >= 11 is 1.27. The van der Waals surface area contributed by atoms with Crippen LogP contribution in [0.5, 0.6) is 0 Å². The lowest BCUT2D eigenvalue weighted by Gasteiger charge is -2.34. The number of likely N-dealkylation sites (N-methyl/N-ethyl adjacent to an activating group) is 2. The van der Waals surface area contributed by atoms with Crippen LogP contribution < -0.4 is 10.6 Å². The Labute approximate surface area is 285 Å². The molecule has 0 saturated heterocycles. The van der Waals surface area contributed by atoms with E-state index in [1.54, 1.807) is 11.9 Å². The summed E-state index contributed by atoms with van der Waals surface area (Å²) in [6, 6.07) is 9.75. The van der Waals surface area contributed by atoms with Crippen LogP contribution in [0.2, 0.25) is 0 Å². The number of hydrogen-bond donors (Lipinski definition) is 4. The van der Waals surface area contributed by atoms with Crippen LogP contribution in [0.25, 0.3) is 0 Å². The van der Waals surface area contributed by atoms with E-state index >= 15 is 0 Å². The maximum absolute atomic E-state index is 14.0. The number of carbonyl (C=O) groups is 3. The third-order valence-electron chi connectivity index (χ3n) is 9.12. The number of amides is 3. The molecule has 5 atom stereocenters. The zero-order chi connectivity index (χ0) is 34.3. The Kier molecular flexibility index (Phi) is 16.3. The molecule has 2 aromatic rings. The van der Waals surface area contributed by atoms with Gasteiger partial charge in [-0.2, -0.15) is 4.37 Å². The zero-order valence-corrected chi connectivity index (χ0v) is 29.8. The standard InChI is InChI=1S/C36H57N5O5S/c1-25(2)20-32(42)34(44)30(22-27-14-10-7-11-15-27)37-36(46)31(24-29-16-19-47-39-29)38-35(45)28(21-26-12-8-6-9-13-26)23-33(43)41(5)18-17-40(3)4/h6,8-9,12-13,16,19,25,27-28,30-32,34,42,44H,7,10-11,14-15,17-18,20-24H2,1-5H3,(H,37,46)(H,38,45). The van der Waals surface area contributed by atoms with E-state index in [1.807, 2.05) is 74.6 Å². The van der Waals surface area contributed by atoms with Crippen molar-refractivity contribution in [1.82, 2.24) is 24.8 Å². The summed E-state index contributed by atoms with van der Waals surface area (Å²) in [6.45, 7) is 5.21. The summed E-state index contributed by atoms with van der Waals surface area (Å²) in [4.78, 5) is 45.0. The molecule has 1 aliphatic rings. The van der Waals surface area contributed by atoms with E-state index in [4.69, 9.17) is 0 Å². The first kappa shape index (κ1) is 38.6. The molecule has 47 heavy (non-hydrogen) atoms. The molecule has 0 aliphatic heterocycles. The van der Waals surface area contributed by atoms with E-state index in [9.17, 15) is 24.6 Å². The summed E-state index contributed by atoms with van der Waals surface area (Å²) in [7, 11) is 5.63. The fourth-order valence-electron chi connectivity index (χ4n) is 6.29. The summed E-state index contributed by atoms with van der Waals surface area (Å²) in [5, 5.41) is 30.0. The quantitative estimate of drug-likeness (QED) is 0.179. The van der Waals surface area contributed by atoms with Gasteiger partial charge in [0.15, 0.2) is 0 Å². The minimum absolute atomic E-state index is 0.000109. The Morgan fingerprint density at radius 1 is 0.936 bits per heavy atom. The highest BCUT2D eigenvalue weighted by atomic mass is 32.1. The topological polar surface area (TPSA) is 135 Å². The van der Waals surface area contributed by atoms with Gasteiger partial charge in [0.2, 0.25) is 17.7 Å². The molecule has 1 aliphatic carbocycles.